The molecular weight excluding hydrogens is 816 g/mol. The van der Waals surface area contributed by atoms with Gasteiger partial charge in [0.05, 0.1) is 19.8 Å². The first-order valence-corrected chi connectivity index (χ1v) is 27.4. The number of esters is 2. The maximum Gasteiger partial charge on any atom is 0.472 e. The van der Waals surface area contributed by atoms with Gasteiger partial charge < -0.3 is 24.6 Å². The van der Waals surface area contributed by atoms with Gasteiger partial charge in [0.15, 0.2) is 6.10 Å². The number of hydrogen-bond acceptors (Lipinski definition) is 9. The Hall–Kier alpha value is -1.81. The average Bonchev–Trinajstić information content (AvgIpc) is 3.27. The van der Waals surface area contributed by atoms with Gasteiger partial charge in [-0.05, 0) is 70.6 Å². The Morgan fingerprint density at radius 3 is 1.27 bits per heavy atom. The molecule has 63 heavy (non-hydrogen) atoms. The van der Waals surface area contributed by atoms with Gasteiger partial charge in [-0.25, -0.2) is 4.57 Å². The molecule has 10 nitrogen and oxygen atoms in total. The van der Waals surface area contributed by atoms with Gasteiger partial charge in [0, 0.05) is 12.8 Å². The van der Waals surface area contributed by atoms with Crippen LogP contribution < -0.4 is 0 Å². The van der Waals surface area contributed by atoms with E-state index in [1.54, 1.807) is 0 Å². The highest BCUT2D eigenvalue weighted by molar-refractivity contribution is 7.47. The summed E-state index contributed by atoms with van der Waals surface area (Å²) in [7, 11) is -4.62. The number of carbonyl (C=O) groups excluding carboxylic acids is 2. The molecule has 0 aliphatic heterocycles. The summed E-state index contributed by atoms with van der Waals surface area (Å²) in [6, 6.07) is 0. The lowest BCUT2D eigenvalue weighted by atomic mass is 10.1. The van der Waals surface area contributed by atoms with E-state index in [1.165, 1.54) is 154 Å². The molecule has 0 aromatic heterocycles. The lowest BCUT2D eigenvalue weighted by Crippen LogP contribution is -2.29. The van der Waals surface area contributed by atoms with Crippen molar-refractivity contribution < 1.29 is 47.8 Å². The first-order chi connectivity index (χ1) is 30.7. The van der Waals surface area contributed by atoms with Crippen LogP contribution in [-0.2, 0) is 32.7 Å². The number of rotatable bonds is 49. The van der Waals surface area contributed by atoms with Gasteiger partial charge in [-0.2, -0.15) is 0 Å². The maximum absolute atomic E-state index is 12.7. The van der Waals surface area contributed by atoms with E-state index in [1.807, 2.05) is 0 Å². The highest BCUT2D eigenvalue weighted by atomic mass is 31.2. The van der Waals surface area contributed by atoms with Gasteiger partial charge in [0.1, 0.15) is 12.7 Å². The van der Waals surface area contributed by atoms with Crippen molar-refractivity contribution in [3.8, 4) is 0 Å². The number of phosphoric acid groups is 1. The second-order valence-corrected chi connectivity index (χ2v) is 19.0. The SMILES string of the molecule is CCCCC/C=C\C/C=C\CCCCCCCCCCCC(=O)OC(COC(=O)CCCCCCCCCCC/C=C\CCCCCCCCCC)COP(=O)(O)OCC(O)CO. The van der Waals surface area contributed by atoms with E-state index in [4.69, 9.17) is 23.6 Å². The molecule has 0 rings (SSSR count). The molecule has 0 aromatic carbocycles. The number of aliphatic hydroxyl groups excluding tert-OH is 2. The predicted octanol–water partition coefficient (Wildman–Crippen LogP) is 14.7. The number of carbonyl (C=O) groups is 2. The minimum atomic E-state index is -4.62. The fraction of sp³-hybridized carbons (Fsp3) is 0.846. The van der Waals surface area contributed by atoms with E-state index in [0.717, 1.165) is 51.4 Å². The highest BCUT2D eigenvalue weighted by Crippen LogP contribution is 2.43. The largest absolute Gasteiger partial charge is 0.472 e. The Morgan fingerprint density at radius 1 is 0.476 bits per heavy atom. The van der Waals surface area contributed by atoms with Crippen LogP contribution in [0.5, 0.6) is 0 Å². The number of aliphatic hydroxyl groups is 2. The zero-order valence-electron chi connectivity index (χ0n) is 40.5. The van der Waals surface area contributed by atoms with Gasteiger partial charge in [-0.1, -0.05) is 198 Å². The van der Waals surface area contributed by atoms with E-state index < -0.39 is 51.8 Å². The molecule has 0 amide bonds. The van der Waals surface area contributed by atoms with Crippen molar-refractivity contribution in [2.75, 3.05) is 26.4 Å². The predicted molar refractivity (Wildman–Crippen MR) is 261 cm³/mol. The third kappa shape index (κ3) is 48.0. The van der Waals surface area contributed by atoms with E-state index in [9.17, 15) is 24.2 Å². The van der Waals surface area contributed by atoms with Crippen LogP contribution in [0.1, 0.15) is 245 Å². The fourth-order valence-electron chi connectivity index (χ4n) is 7.26. The summed E-state index contributed by atoms with van der Waals surface area (Å²) in [5, 5.41) is 18.4. The van der Waals surface area contributed by atoms with Crippen LogP contribution in [-0.4, -0.2) is 65.7 Å². The molecule has 0 radical (unpaired) electrons. The van der Waals surface area contributed by atoms with Crippen LogP contribution in [0.3, 0.4) is 0 Å². The third-order valence-electron chi connectivity index (χ3n) is 11.3. The van der Waals surface area contributed by atoms with E-state index >= 15 is 0 Å². The summed E-state index contributed by atoms with van der Waals surface area (Å²) >= 11 is 0. The number of phosphoric ester groups is 1. The molecule has 3 unspecified atom stereocenters. The van der Waals surface area contributed by atoms with E-state index in [0.29, 0.717) is 12.8 Å². The minimum absolute atomic E-state index is 0.180. The molecule has 370 valence electrons. The molecule has 0 aromatic rings. The van der Waals surface area contributed by atoms with Crippen molar-refractivity contribution >= 4 is 19.8 Å². The molecule has 0 aliphatic carbocycles. The topological polar surface area (TPSA) is 149 Å². The van der Waals surface area contributed by atoms with Crippen LogP contribution in [0.2, 0.25) is 0 Å². The molecule has 3 atom stereocenters. The van der Waals surface area contributed by atoms with Crippen molar-refractivity contribution in [1.29, 1.82) is 0 Å². The van der Waals surface area contributed by atoms with Gasteiger partial charge in [-0.3, -0.25) is 18.6 Å². The standard InChI is InChI=1S/C52H97O10P/c1-3-5-7-9-11-13-15-17-19-21-23-24-26-27-29-31-33-35-37-39-41-43-51(55)59-47-50(48-61-63(57,58)60-46-49(54)45-53)62-52(56)44-42-40-38-36-34-32-30-28-25-22-20-18-16-14-12-10-8-6-4-2/h12,14,18,20-21,23,49-50,53-54H,3-11,13,15-17,19,22,24-48H2,1-2H3,(H,57,58)/b14-12-,20-18-,23-21-. The zero-order chi connectivity index (χ0) is 46.2. The second kappa shape index (κ2) is 48.1. The first kappa shape index (κ1) is 61.2. The summed E-state index contributed by atoms with van der Waals surface area (Å²) < 4.78 is 32.9. The molecule has 0 saturated carbocycles. The van der Waals surface area contributed by atoms with Crippen LogP contribution in [0.4, 0.5) is 0 Å². The Balaban J connectivity index is 4.17. The number of unbranched alkanes of at least 4 members (excludes halogenated alkanes) is 29. The van der Waals surface area contributed by atoms with Gasteiger partial charge >= 0.3 is 19.8 Å². The molecule has 11 heteroatoms. The lowest BCUT2D eigenvalue weighted by molar-refractivity contribution is -0.161. The number of ether oxygens (including phenoxy) is 2. The van der Waals surface area contributed by atoms with Crippen molar-refractivity contribution in [3.63, 3.8) is 0 Å². The third-order valence-corrected chi connectivity index (χ3v) is 12.2. The van der Waals surface area contributed by atoms with Crippen LogP contribution >= 0.6 is 7.82 Å². The molecule has 0 fully saturated rings. The van der Waals surface area contributed by atoms with Gasteiger partial charge in [0.2, 0.25) is 0 Å². The average molecular weight is 913 g/mol. The molecule has 0 saturated heterocycles. The number of allylic oxidation sites excluding steroid dienone is 6. The van der Waals surface area contributed by atoms with E-state index in [2.05, 4.69) is 50.3 Å². The minimum Gasteiger partial charge on any atom is -0.462 e. The maximum atomic E-state index is 12.7. The Kier molecular flexibility index (Phi) is 46.7. The zero-order valence-corrected chi connectivity index (χ0v) is 41.4. The molecule has 3 N–H and O–H groups in total. The van der Waals surface area contributed by atoms with Crippen molar-refractivity contribution in [3.05, 3.63) is 36.5 Å². The van der Waals surface area contributed by atoms with Crippen molar-refractivity contribution in [2.45, 2.75) is 257 Å². The lowest BCUT2D eigenvalue weighted by Gasteiger charge is -2.20. The van der Waals surface area contributed by atoms with Gasteiger partial charge in [-0.15, -0.1) is 0 Å². The van der Waals surface area contributed by atoms with Crippen molar-refractivity contribution in [1.82, 2.24) is 0 Å². The van der Waals surface area contributed by atoms with E-state index in [-0.39, 0.29) is 19.4 Å². The second-order valence-electron chi connectivity index (χ2n) is 17.5. The quantitative estimate of drug-likeness (QED) is 0.0233. The fourth-order valence-corrected chi connectivity index (χ4v) is 8.04. The Labute approximate surface area is 386 Å². The Morgan fingerprint density at radius 2 is 0.825 bits per heavy atom. The summed E-state index contributed by atoms with van der Waals surface area (Å²) in [5.74, 6) is -0.923. The summed E-state index contributed by atoms with van der Waals surface area (Å²) in [6.45, 7) is 2.39. The molecule has 0 aliphatic rings. The monoisotopic (exact) mass is 913 g/mol. The summed E-state index contributed by atoms with van der Waals surface area (Å²) in [5.41, 5.74) is 0. The Bertz CT molecular complexity index is 1140. The van der Waals surface area contributed by atoms with Gasteiger partial charge in [0.25, 0.3) is 0 Å². The molecule has 0 heterocycles. The van der Waals surface area contributed by atoms with Crippen LogP contribution in [0, 0.1) is 0 Å². The van der Waals surface area contributed by atoms with Crippen molar-refractivity contribution in [2.24, 2.45) is 0 Å². The number of hydrogen-bond donors (Lipinski definition) is 3. The first-order valence-electron chi connectivity index (χ1n) is 25.9. The normalized spacial score (nSPS) is 13.9. The van der Waals surface area contributed by atoms with Crippen LogP contribution in [0.15, 0.2) is 36.5 Å². The smallest absolute Gasteiger partial charge is 0.462 e. The molecule has 0 bridgehead atoms. The summed E-state index contributed by atoms with van der Waals surface area (Å²) in [4.78, 5) is 35.2. The van der Waals surface area contributed by atoms with Crippen LogP contribution in [0.25, 0.3) is 0 Å². The molecule has 0 spiro atoms. The highest BCUT2D eigenvalue weighted by Gasteiger charge is 2.27. The molecular formula is C52H97O10P. The summed E-state index contributed by atoms with van der Waals surface area (Å²) in [6.07, 6.45) is 52.5.